The van der Waals surface area contributed by atoms with Crippen molar-refractivity contribution in [2.45, 2.75) is 32.7 Å². The van der Waals surface area contributed by atoms with E-state index < -0.39 is 0 Å². The van der Waals surface area contributed by atoms with Crippen LogP contribution in [0.15, 0.2) is 47.3 Å². The van der Waals surface area contributed by atoms with E-state index in [-0.39, 0.29) is 11.9 Å². The van der Waals surface area contributed by atoms with E-state index in [1.807, 2.05) is 44.2 Å². The predicted molar refractivity (Wildman–Crippen MR) is 74.9 cm³/mol. The molecule has 1 atom stereocenters. The Hall–Kier alpha value is -2.03. The molecule has 0 unspecified atom stereocenters. The van der Waals surface area contributed by atoms with Crippen LogP contribution in [0.2, 0.25) is 0 Å². The quantitative estimate of drug-likeness (QED) is 0.895. The largest absolute Gasteiger partial charge is 0.472 e. The zero-order valence-corrected chi connectivity index (χ0v) is 11.3. The van der Waals surface area contributed by atoms with Gasteiger partial charge in [0.1, 0.15) is 0 Å². The molecule has 3 heteroatoms. The zero-order chi connectivity index (χ0) is 13.7. The molecule has 1 aromatic heterocycles. The molecule has 2 aromatic rings. The fourth-order valence-electron chi connectivity index (χ4n) is 2.15. The van der Waals surface area contributed by atoms with Gasteiger partial charge in [-0.3, -0.25) is 4.79 Å². The fourth-order valence-corrected chi connectivity index (χ4v) is 2.15. The van der Waals surface area contributed by atoms with Crippen LogP contribution in [-0.2, 0) is 17.6 Å². The molecule has 19 heavy (non-hydrogen) atoms. The van der Waals surface area contributed by atoms with Crippen molar-refractivity contribution in [2.24, 2.45) is 0 Å². The van der Waals surface area contributed by atoms with Gasteiger partial charge in [0.25, 0.3) is 0 Å². The maximum Gasteiger partial charge on any atom is 0.224 e. The minimum atomic E-state index is 0.0570. The first-order chi connectivity index (χ1) is 9.13. The average molecular weight is 257 g/mol. The topological polar surface area (TPSA) is 42.2 Å². The second-order valence-corrected chi connectivity index (χ2v) is 4.97. The van der Waals surface area contributed by atoms with Crippen LogP contribution in [0.4, 0.5) is 0 Å². The summed E-state index contributed by atoms with van der Waals surface area (Å²) in [7, 11) is 0. The number of amides is 1. The Labute approximate surface area is 113 Å². The summed E-state index contributed by atoms with van der Waals surface area (Å²) < 4.78 is 5.02. The van der Waals surface area contributed by atoms with Crippen molar-refractivity contribution in [1.29, 1.82) is 0 Å². The minimum Gasteiger partial charge on any atom is -0.472 e. The predicted octanol–water partition coefficient (Wildman–Crippen LogP) is 2.88. The Morgan fingerprint density at radius 3 is 2.84 bits per heavy atom. The molecule has 0 spiro atoms. The first-order valence-corrected chi connectivity index (χ1v) is 6.49. The van der Waals surface area contributed by atoms with E-state index in [4.69, 9.17) is 4.42 Å². The van der Waals surface area contributed by atoms with Crippen molar-refractivity contribution in [1.82, 2.24) is 5.32 Å². The Morgan fingerprint density at radius 2 is 2.16 bits per heavy atom. The number of aryl methyl sites for hydroxylation is 1. The molecule has 3 nitrogen and oxygen atoms in total. The van der Waals surface area contributed by atoms with Gasteiger partial charge in [0.2, 0.25) is 5.91 Å². The van der Waals surface area contributed by atoms with E-state index in [1.165, 1.54) is 5.56 Å². The van der Waals surface area contributed by atoms with Gasteiger partial charge < -0.3 is 9.73 Å². The van der Waals surface area contributed by atoms with E-state index in [9.17, 15) is 4.79 Å². The van der Waals surface area contributed by atoms with Crippen LogP contribution in [0.1, 0.15) is 23.6 Å². The highest BCUT2D eigenvalue weighted by Crippen LogP contribution is 2.06. The minimum absolute atomic E-state index is 0.0570. The van der Waals surface area contributed by atoms with Gasteiger partial charge in [0, 0.05) is 6.04 Å². The molecule has 0 saturated heterocycles. The smallest absolute Gasteiger partial charge is 0.224 e. The molecule has 0 radical (unpaired) electrons. The molecular formula is C16H19NO2. The third-order valence-electron chi connectivity index (χ3n) is 2.98. The van der Waals surface area contributed by atoms with Gasteiger partial charge in [-0.2, -0.15) is 0 Å². The highest BCUT2D eigenvalue weighted by molar-refractivity contribution is 5.78. The number of hydrogen-bond acceptors (Lipinski definition) is 2. The van der Waals surface area contributed by atoms with Crippen molar-refractivity contribution in [3.05, 3.63) is 59.5 Å². The Balaban J connectivity index is 1.84. The molecular weight excluding hydrogens is 238 g/mol. The van der Waals surface area contributed by atoms with Crippen LogP contribution in [0.25, 0.3) is 0 Å². The number of benzene rings is 1. The van der Waals surface area contributed by atoms with Gasteiger partial charge in [-0.05, 0) is 37.5 Å². The highest BCUT2D eigenvalue weighted by atomic mass is 16.3. The lowest BCUT2D eigenvalue weighted by molar-refractivity contribution is -0.121. The number of hydrogen-bond donors (Lipinski definition) is 1. The standard InChI is InChI=1S/C16H19NO2/c1-12-4-3-5-14(8-12)10-16(18)17-13(2)9-15-6-7-19-11-15/h3-8,11,13H,9-10H2,1-2H3,(H,17,18)/t13-/m1/s1. The Kier molecular flexibility index (Phi) is 4.39. The highest BCUT2D eigenvalue weighted by Gasteiger charge is 2.09. The first-order valence-electron chi connectivity index (χ1n) is 6.49. The van der Waals surface area contributed by atoms with Crippen LogP contribution < -0.4 is 5.32 Å². The van der Waals surface area contributed by atoms with Crippen LogP contribution >= 0.6 is 0 Å². The zero-order valence-electron chi connectivity index (χ0n) is 11.3. The third kappa shape index (κ3) is 4.28. The Bertz CT molecular complexity index is 531. The normalized spacial score (nSPS) is 12.1. The van der Waals surface area contributed by atoms with Gasteiger partial charge in [0.15, 0.2) is 0 Å². The SMILES string of the molecule is Cc1cccc(CC(=O)N[C@H](C)Cc2ccoc2)c1. The van der Waals surface area contributed by atoms with Crippen molar-refractivity contribution >= 4 is 5.91 Å². The number of rotatable bonds is 5. The Morgan fingerprint density at radius 1 is 1.32 bits per heavy atom. The summed E-state index contributed by atoms with van der Waals surface area (Å²) in [6.45, 7) is 4.03. The summed E-state index contributed by atoms with van der Waals surface area (Å²) in [6, 6.07) is 10.1. The lowest BCUT2D eigenvalue weighted by Gasteiger charge is -2.13. The van der Waals surface area contributed by atoms with Gasteiger partial charge in [0.05, 0.1) is 18.9 Å². The van der Waals surface area contributed by atoms with Gasteiger partial charge in [-0.15, -0.1) is 0 Å². The molecule has 100 valence electrons. The molecule has 1 N–H and O–H groups in total. The van der Waals surface area contributed by atoms with Crippen LogP contribution in [0, 0.1) is 6.92 Å². The average Bonchev–Trinajstić information content (AvgIpc) is 2.81. The van der Waals surface area contributed by atoms with Crippen molar-refractivity contribution in [3.8, 4) is 0 Å². The van der Waals surface area contributed by atoms with Crippen molar-refractivity contribution in [3.63, 3.8) is 0 Å². The van der Waals surface area contributed by atoms with Crippen LogP contribution in [-0.4, -0.2) is 11.9 Å². The van der Waals surface area contributed by atoms with Gasteiger partial charge in [-0.25, -0.2) is 0 Å². The first kappa shape index (κ1) is 13.4. The summed E-state index contributed by atoms with van der Waals surface area (Å²) >= 11 is 0. The van der Waals surface area contributed by atoms with E-state index in [2.05, 4.69) is 5.32 Å². The second kappa shape index (κ2) is 6.23. The number of nitrogens with one attached hydrogen (secondary N) is 1. The monoisotopic (exact) mass is 257 g/mol. The summed E-state index contributed by atoms with van der Waals surface area (Å²) in [6.07, 6.45) is 4.58. The summed E-state index contributed by atoms with van der Waals surface area (Å²) in [4.78, 5) is 11.9. The molecule has 0 bridgehead atoms. The lowest BCUT2D eigenvalue weighted by Crippen LogP contribution is -2.35. The summed E-state index contributed by atoms with van der Waals surface area (Å²) in [5.41, 5.74) is 3.33. The molecule has 0 aliphatic carbocycles. The molecule has 1 heterocycles. The van der Waals surface area contributed by atoms with Gasteiger partial charge >= 0.3 is 0 Å². The molecule has 0 aliphatic rings. The molecule has 0 aliphatic heterocycles. The second-order valence-electron chi connectivity index (χ2n) is 4.97. The van der Waals surface area contributed by atoms with E-state index >= 15 is 0 Å². The molecule has 0 saturated carbocycles. The molecule has 2 rings (SSSR count). The van der Waals surface area contributed by atoms with Gasteiger partial charge in [-0.1, -0.05) is 29.8 Å². The lowest BCUT2D eigenvalue weighted by atomic mass is 10.1. The summed E-state index contributed by atoms with van der Waals surface area (Å²) in [5.74, 6) is 0.0570. The molecule has 1 aromatic carbocycles. The maximum atomic E-state index is 11.9. The van der Waals surface area contributed by atoms with E-state index in [0.717, 1.165) is 17.5 Å². The molecule has 0 fully saturated rings. The maximum absolute atomic E-state index is 11.9. The van der Waals surface area contributed by atoms with Crippen LogP contribution in [0.3, 0.4) is 0 Å². The third-order valence-corrected chi connectivity index (χ3v) is 2.98. The number of furan rings is 1. The van der Waals surface area contributed by atoms with Crippen molar-refractivity contribution < 1.29 is 9.21 Å². The van der Waals surface area contributed by atoms with E-state index in [1.54, 1.807) is 12.5 Å². The molecule has 1 amide bonds. The summed E-state index contributed by atoms with van der Waals surface area (Å²) in [5, 5.41) is 3.01. The fraction of sp³-hybridized carbons (Fsp3) is 0.312. The number of carbonyl (C=O) groups excluding carboxylic acids is 1. The van der Waals surface area contributed by atoms with Crippen LogP contribution in [0.5, 0.6) is 0 Å². The van der Waals surface area contributed by atoms with E-state index in [0.29, 0.717) is 6.42 Å². The van der Waals surface area contributed by atoms with Crippen molar-refractivity contribution in [2.75, 3.05) is 0 Å². The number of carbonyl (C=O) groups is 1.